The van der Waals surface area contributed by atoms with Gasteiger partial charge in [0.05, 0.1) is 18.4 Å². The van der Waals surface area contributed by atoms with E-state index in [0.29, 0.717) is 12.6 Å². The minimum Gasteiger partial charge on any atom is -0.381 e. The summed E-state index contributed by atoms with van der Waals surface area (Å²) in [5, 5.41) is 9.47. The van der Waals surface area contributed by atoms with Crippen molar-refractivity contribution in [2.75, 3.05) is 5.32 Å². The predicted molar refractivity (Wildman–Crippen MR) is 76.3 cm³/mol. The van der Waals surface area contributed by atoms with Crippen LogP contribution in [-0.2, 0) is 6.54 Å². The van der Waals surface area contributed by atoms with Gasteiger partial charge in [-0.15, -0.1) is 11.3 Å². The first kappa shape index (κ1) is 11.9. The highest BCUT2D eigenvalue weighted by molar-refractivity contribution is 9.10. The molecule has 0 aromatic carbocycles. The predicted octanol–water partition coefficient (Wildman–Crippen LogP) is 2.69. The number of halogens is 1. The van der Waals surface area contributed by atoms with E-state index in [-0.39, 0.29) is 5.56 Å². The van der Waals surface area contributed by atoms with Crippen LogP contribution in [0.3, 0.4) is 0 Å². The van der Waals surface area contributed by atoms with Crippen LogP contribution in [0.5, 0.6) is 0 Å². The summed E-state index contributed by atoms with van der Waals surface area (Å²) in [5.41, 5.74) is 0.760. The first-order valence-electron chi connectivity index (χ1n) is 5.77. The van der Waals surface area contributed by atoms with Crippen molar-refractivity contribution >= 4 is 33.0 Å². The van der Waals surface area contributed by atoms with Gasteiger partial charge in [0.15, 0.2) is 0 Å². The maximum Gasteiger partial charge on any atom is 0.269 e. The highest BCUT2D eigenvalue weighted by atomic mass is 79.9. The first-order valence-corrected chi connectivity index (χ1v) is 7.44. The summed E-state index contributed by atoms with van der Waals surface area (Å²) in [5.74, 6) is 0. The van der Waals surface area contributed by atoms with E-state index in [2.05, 4.69) is 26.3 Å². The molecule has 0 saturated heterocycles. The molecule has 1 saturated carbocycles. The second kappa shape index (κ2) is 4.85. The van der Waals surface area contributed by atoms with Gasteiger partial charge in [0.2, 0.25) is 0 Å². The number of thiophene rings is 1. The average molecular weight is 326 g/mol. The largest absolute Gasteiger partial charge is 0.381 e. The van der Waals surface area contributed by atoms with E-state index in [4.69, 9.17) is 0 Å². The van der Waals surface area contributed by atoms with Gasteiger partial charge in [-0.1, -0.05) is 0 Å². The first-order chi connectivity index (χ1) is 8.70. The number of nitrogens with one attached hydrogen (secondary N) is 1. The maximum absolute atomic E-state index is 11.9. The fourth-order valence-corrected chi connectivity index (χ4v) is 3.11. The molecule has 3 rings (SSSR count). The van der Waals surface area contributed by atoms with Crippen molar-refractivity contribution in [1.29, 1.82) is 0 Å². The molecule has 0 aliphatic heterocycles. The van der Waals surface area contributed by atoms with Gasteiger partial charge >= 0.3 is 0 Å². The van der Waals surface area contributed by atoms with Crippen LogP contribution in [0.1, 0.15) is 17.7 Å². The summed E-state index contributed by atoms with van der Waals surface area (Å²) in [6.07, 6.45) is 4.10. The van der Waals surface area contributed by atoms with E-state index in [1.807, 2.05) is 11.4 Å². The molecule has 0 amide bonds. The minimum atomic E-state index is -0.0647. The summed E-state index contributed by atoms with van der Waals surface area (Å²) < 4.78 is 2.53. The molecule has 1 aliphatic rings. The number of nitrogens with zero attached hydrogens (tertiary/aromatic N) is 2. The molecule has 6 heteroatoms. The highest BCUT2D eigenvalue weighted by Crippen LogP contribution is 2.23. The van der Waals surface area contributed by atoms with Gasteiger partial charge < -0.3 is 5.32 Å². The molecule has 1 fully saturated rings. The number of aromatic nitrogens is 2. The molecule has 94 valence electrons. The molecule has 2 heterocycles. The third-order valence-corrected chi connectivity index (χ3v) is 4.43. The molecule has 2 aromatic heterocycles. The summed E-state index contributed by atoms with van der Waals surface area (Å²) >= 11 is 5.02. The van der Waals surface area contributed by atoms with Crippen LogP contribution in [0.2, 0.25) is 0 Å². The topological polar surface area (TPSA) is 46.9 Å². The van der Waals surface area contributed by atoms with Crippen molar-refractivity contribution in [2.24, 2.45) is 0 Å². The quantitative estimate of drug-likeness (QED) is 0.940. The van der Waals surface area contributed by atoms with Crippen molar-refractivity contribution in [2.45, 2.75) is 25.4 Å². The molecule has 0 spiro atoms. The number of hydrogen-bond donors (Lipinski definition) is 1. The van der Waals surface area contributed by atoms with Crippen molar-refractivity contribution in [3.05, 3.63) is 43.4 Å². The Bertz CT molecular complexity index is 618. The van der Waals surface area contributed by atoms with E-state index in [9.17, 15) is 4.79 Å². The molecule has 0 radical (unpaired) electrons. The molecule has 2 aromatic rings. The van der Waals surface area contributed by atoms with Crippen molar-refractivity contribution in [3.8, 4) is 0 Å². The summed E-state index contributed by atoms with van der Waals surface area (Å²) in [6.45, 7) is 0.527. The fourth-order valence-electron chi connectivity index (χ4n) is 1.68. The summed E-state index contributed by atoms with van der Waals surface area (Å²) in [7, 11) is 0. The maximum atomic E-state index is 11.9. The van der Waals surface area contributed by atoms with E-state index in [1.165, 1.54) is 17.5 Å². The lowest BCUT2D eigenvalue weighted by Crippen LogP contribution is -2.23. The molecule has 0 bridgehead atoms. The lowest BCUT2D eigenvalue weighted by Gasteiger charge is -2.06. The molecule has 0 atom stereocenters. The summed E-state index contributed by atoms with van der Waals surface area (Å²) in [6, 6.07) is 4.17. The van der Waals surface area contributed by atoms with Gasteiger partial charge in [0, 0.05) is 26.8 Å². The lowest BCUT2D eigenvalue weighted by atomic mass is 10.4. The third-order valence-electron chi connectivity index (χ3n) is 2.75. The van der Waals surface area contributed by atoms with Gasteiger partial charge in [0.25, 0.3) is 5.56 Å². The minimum absolute atomic E-state index is 0.0647. The smallest absolute Gasteiger partial charge is 0.269 e. The van der Waals surface area contributed by atoms with Crippen molar-refractivity contribution in [1.82, 2.24) is 9.78 Å². The van der Waals surface area contributed by atoms with Gasteiger partial charge in [-0.2, -0.15) is 5.10 Å². The Morgan fingerprint density at radius 1 is 1.50 bits per heavy atom. The molecule has 18 heavy (non-hydrogen) atoms. The Morgan fingerprint density at radius 3 is 2.94 bits per heavy atom. The zero-order chi connectivity index (χ0) is 12.5. The number of anilines is 1. The standard InChI is InChI=1S/C12H12BrN3OS/c13-8-3-11(18-7-8)6-16-12(17)4-10(5-14-16)15-9-1-2-9/h3-5,7,9,15H,1-2,6H2. The molecule has 4 nitrogen and oxygen atoms in total. The molecule has 1 N–H and O–H groups in total. The zero-order valence-corrected chi connectivity index (χ0v) is 12.0. The van der Waals surface area contributed by atoms with Gasteiger partial charge in [-0.05, 0) is 34.8 Å². The number of hydrogen-bond acceptors (Lipinski definition) is 4. The zero-order valence-electron chi connectivity index (χ0n) is 9.60. The normalized spacial score (nSPS) is 14.7. The SMILES string of the molecule is O=c1cc(NC2CC2)cnn1Cc1cc(Br)cs1. The van der Waals surface area contributed by atoms with Crippen LogP contribution in [0.4, 0.5) is 5.69 Å². The molecule has 1 aliphatic carbocycles. The monoisotopic (exact) mass is 325 g/mol. The van der Waals surface area contributed by atoms with E-state index in [1.54, 1.807) is 23.6 Å². The number of rotatable bonds is 4. The van der Waals surface area contributed by atoms with E-state index >= 15 is 0 Å². The van der Waals surface area contributed by atoms with Crippen LogP contribution in [0.15, 0.2) is 33.0 Å². The second-order valence-electron chi connectivity index (χ2n) is 4.39. The van der Waals surface area contributed by atoms with Crippen LogP contribution in [0.25, 0.3) is 0 Å². The Balaban J connectivity index is 1.77. The Morgan fingerprint density at radius 2 is 2.33 bits per heavy atom. The lowest BCUT2D eigenvalue weighted by molar-refractivity contribution is 0.646. The molecular formula is C12H12BrN3OS. The summed E-state index contributed by atoms with van der Waals surface area (Å²) in [4.78, 5) is 13.0. The van der Waals surface area contributed by atoms with E-state index < -0.39 is 0 Å². The van der Waals surface area contributed by atoms with Gasteiger partial charge in [-0.3, -0.25) is 4.79 Å². The van der Waals surface area contributed by atoms with Gasteiger partial charge in [0.1, 0.15) is 0 Å². The molecule has 0 unspecified atom stereocenters. The second-order valence-corrected chi connectivity index (χ2v) is 6.30. The highest BCUT2D eigenvalue weighted by Gasteiger charge is 2.21. The Hall–Kier alpha value is -1.14. The van der Waals surface area contributed by atoms with Crippen LogP contribution >= 0.6 is 27.3 Å². The van der Waals surface area contributed by atoms with Crippen LogP contribution in [0, 0.1) is 0 Å². The van der Waals surface area contributed by atoms with E-state index in [0.717, 1.165) is 15.0 Å². The Kier molecular flexibility index (Phi) is 3.22. The third kappa shape index (κ3) is 2.81. The van der Waals surface area contributed by atoms with Crippen molar-refractivity contribution in [3.63, 3.8) is 0 Å². The van der Waals surface area contributed by atoms with Crippen LogP contribution in [-0.4, -0.2) is 15.8 Å². The van der Waals surface area contributed by atoms with Crippen LogP contribution < -0.4 is 10.9 Å². The van der Waals surface area contributed by atoms with Gasteiger partial charge in [-0.25, -0.2) is 4.68 Å². The fraction of sp³-hybridized carbons (Fsp3) is 0.333. The molecular weight excluding hydrogens is 314 g/mol. The van der Waals surface area contributed by atoms with Crippen molar-refractivity contribution < 1.29 is 0 Å². The average Bonchev–Trinajstić information content (AvgIpc) is 3.05. The Labute approximate surface area is 117 Å².